The summed E-state index contributed by atoms with van der Waals surface area (Å²) in [5.74, 6) is -0.123. The molecule has 0 aliphatic carbocycles. The molecule has 1 heterocycles. The zero-order chi connectivity index (χ0) is 17.0. The minimum Gasteiger partial charge on any atom is -0.483 e. The Labute approximate surface area is 134 Å². The van der Waals surface area contributed by atoms with Gasteiger partial charge < -0.3 is 15.4 Å². The van der Waals surface area contributed by atoms with Crippen molar-refractivity contribution >= 4 is 29.0 Å². The molecule has 0 atom stereocenters. The number of urea groups is 1. The molecule has 2 amide bonds. The third-order valence-electron chi connectivity index (χ3n) is 2.54. The molecule has 0 bridgehead atoms. The number of aryl methyl sites for hydroxylation is 1. The molecule has 0 aliphatic heterocycles. The lowest BCUT2D eigenvalue weighted by Crippen LogP contribution is -2.20. The first-order valence-electron chi connectivity index (χ1n) is 6.29. The summed E-state index contributed by atoms with van der Waals surface area (Å²) in [6.45, 7) is -1.44. The van der Waals surface area contributed by atoms with Crippen molar-refractivity contribution in [1.29, 1.82) is 0 Å². The normalized spacial score (nSPS) is 11.2. The molecule has 0 saturated carbocycles. The summed E-state index contributed by atoms with van der Waals surface area (Å²) in [5.41, 5.74) is 0.789. The van der Waals surface area contributed by atoms with E-state index in [9.17, 15) is 18.0 Å². The number of halogens is 4. The fraction of sp³-hybridized carbons (Fsp3) is 0.231. The molecule has 10 heteroatoms. The number of aromatic nitrogens is 2. The Balaban J connectivity index is 1.95. The van der Waals surface area contributed by atoms with Crippen LogP contribution in [0.2, 0.25) is 5.02 Å². The molecule has 1 aromatic heterocycles. The number of amides is 2. The van der Waals surface area contributed by atoms with Gasteiger partial charge in [0.1, 0.15) is 5.75 Å². The SMILES string of the molecule is Cn1cc(NC(=O)Nc2ccc(OCC(F)(F)F)c(Cl)c2)cn1. The zero-order valence-corrected chi connectivity index (χ0v) is 12.6. The predicted octanol–water partition coefficient (Wildman–Crippen LogP) is 3.66. The van der Waals surface area contributed by atoms with E-state index in [1.807, 2.05) is 0 Å². The van der Waals surface area contributed by atoms with Crippen molar-refractivity contribution in [2.45, 2.75) is 6.18 Å². The maximum absolute atomic E-state index is 12.1. The quantitative estimate of drug-likeness (QED) is 0.886. The molecule has 0 saturated heterocycles. The van der Waals surface area contributed by atoms with E-state index in [2.05, 4.69) is 20.5 Å². The Morgan fingerprint density at radius 1 is 1.35 bits per heavy atom. The average molecular weight is 349 g/mol. The minimum atomic E-state index is -4.45. The molecule has 0 unspecified atom stereocenters. The lowest BCUT2D eigenvalue weighted by atomic mass is 10.3. The number of benzene rings is 1. The van der Waals surface area contributed by atoms with Crippen LogP contribution in [0.5, 0.6) is 5.75 Å². The molecule has 2 N–H and O–H groups in total. The van der Waals surface area contributed by atoms with Crippen molar-refractivity contribution in [2.24, 2.45) is 7.05 Å². The highest BCUT2D eigenvalue weighted by molar-refractivity contribution is 6.32. The molecule has 2 rings (SSSR count). The van der Waals surface area contributed by atoms with Gasteiger partial charge in [-0.3, -0.25) is 4.68 Å². The lowest BCUT2D eigenvalue weighted by molar-refractivity contribution is -0.153. The third-order valence-corrected chi connectivity index (χ3v) is 2.84. The van der Waals surface area contributed by atoms with Crippen molar-refractivity contribution in [3.63, 3.8) is 0 Å². The summed E-state index contributed by atoms with van der Waals surface area (Å²) < 4.78 is 42.4. The molecule has 0 radical (unpaired) electrons. The topological polar surface area (TPSA) is 68.2 Å². The fourth-order valence-electron chi connectivity index (χ4n) is 1.63. The second kappa shape index (κ2) is 6.78. The fourth-order valence-corrected chi connectivity index (χ4v) is 1.87. The Morgan fingerprint density at radius 2 is 2.04 bits per heavy atom. The van der Waals surface area contributed by atoms with E-state index in [0.29, 0.717) is 11.4 Å². The maximum atomic E-state index is 12.1. The summed E-state index contributed by atoms with van der Waals surface area (Å²) in [6, 6.07) is 3.36. The van der Waals surface area contributed by atoms with Crippen LogP contribution >= 0.6 is 11.6 Å². The van der Waals surface area contributed by atoms with Gasteiger partial charge >= 0.3 is 12.2 Å². The highest BCUT2D eigenvalue weighted by Gasteiger charge is 2.28. The van der Waals surface area contributed by atoms with E-state index >= 15 is 0 Å². The number of hydrogen-bond donors (Lipinski definition) is 2. The Bertz CT molecular complexity index is 703. The van der Waals surface area contributed by atoms with Gasteiger partial charge in [0.15, 0.2) is 6.61 Å². The van der Waals surface area contributed by atoms with E-state index in [4.69, 9.17) is 11.6 Å². The van der Waals surface area contributed by atoms with Crippen LogP contribution < -0.4 is 15.4 Å². The molecule has 0 spiro atoms. The van der Waals surface area contributed by atoms with Gasteiger partial charge in [-0.1, -0.05) is 11.6 Å². The molecule has 0 aliphatic rings. The van der Waals surface area contributed by atoms with Crippen LogP contribution in [0.1, 0.15) is 0 Å². The van der Waals surface area contributed by atoms with Crippen molar-refractivity contribution < 1.29 is 22.7 Å². The standard InChI is InChI=1S/C13H12ClF3N4O2/c1-21-6-9(5-18-21)20-12(22)19-8-2-3-11(10(14)4-8)23-7-13(15,16)17/h2-6H,7H2,1H3,(H2,19,20,22). The number of hydrogen-bond acceptors (Lipinski definition) is 3. The highest BCUT2D eigenvalue weighted by atomic mass is 35.5. The maximum Gasteiger partial charge on any atom is 0.422 e. The molecule has 124 valence electrons. The van der Waals surface area contributed by atoms with E-state index in [1.54, 1.807) is 13.2 Å². The number of nitrogens with zero attached hydrogens (tertiary/aromatic N) is 2. The first-order valence-corrected chi connectivity index (χ1v) is 6.66. The molecule has 0 fully saturated rings. The number of nitrogens with one attached hydrogen (secondary N) is 2. The number of anilines is 2. The van der Waals surface area contributed by atoms with Gasteiger partial charge in [-0.2, -0.15) is 18.3 Å². The first-order chi connectivity index (χ1) is 10.7. The Morgan fingerprint density at radius 3 is 2.61 bits per heavy atom. The van der Waals surface area contributed by atoms with Crippen molar-refractivity contribution in [2.75, 3.05) is 17.2 Å². The van der Waals surface area contributed by atoms with Gasteiger partial charge in [0.05, 0.1) is 16.9 Å². The van der Waals surface area contributed by atoms with Crippen molar-refractivity contribution in [3.8, 4) is 5.75 Å². The van der Waals surface area contributed by atoms with Crippen LogP contribution in [0.15, 0.2) is 30.6 Å². The number of rotatable bonds is 4. The van der Waals surface area contributed by atoms with Gasteiger partial charge in [0, 0.05) is 18.9 Å². The van der Waals surface area contributed by atoms with Crippen LogP contribution in [-0.2, 0) is 7.05 Å². The summed E-state index contributed by atoms with van der Waals surface area (Å²) >= 11 is 5.83. The van der Waals surface area contributed by atoms with Gasteiger partial charge in [-0.15, -0.1) is 0 Å². The van der Waals surface area contributed by atoms with Crippen LogP contribution in [-0.4, -0.2) is 28.6 Å². The van der Waals surface area contributed by atoms with Crippen LogP contribution in [0.25, 0.3) is 0 Å². The third kappa shape index (κ3) is 5.37. The lowest BCUT2D eigenvalue weighted by Gasteiger charge is -2.12. The second-order valence-corrected chi connectivity index (χ2v) is 4.94. The molecular weight excluding hydrogens is 337 g/mol. The smallest absolute Gasteiger partial charge is 0.422 e. The summed E-state index contributed by atoms with van der Waals surface area (Å²) in [7, 11) is 1.70. The molecule has 2 aromatic rings. The van der Waals surface area contributed by atoms with E-state index < -0.39 is 18.8 Å². The summed E-state index contributed by atoms with van der Waals surface area (Å²) in [6.07, 6.45) is -1.40. The summed E-state index contributed by atoms with van der Waals surface area (Å²) in [4.78, 5) is 11.8. The number of ether oxygens (including phenoxy) is 1. The largest absolute Gasteiger partial charge is 0.483 e. The molecule has 6 nitrogen and oxygen atoms in total. The Kier molecular flexibility index (Phi) is 4.99. The van der Waals surface area contributed by atoms with Gasteiger partial charge in [0.25, 0.3) is 0 Å². The second-order valence-electron chi connectivity index (χ2n) is 4.53. The van der Waals surface area contributed by atoms with Crippen LogP contribution in [0.4, 0.5) is 29.3 Å². The van der Waals surface area contributed by atoms with E-state index in [-0.39, 0.29) is 10.8 Å². The van der Waals surface area contributed by atoms with Crippen LogP contribution in [0.3, 0.4) is 0 Å². The van der Waals surface area contributed by atoms with Crippen molar-refractivity contribution in [1.82, 2.24) is 9.78 Å². The van der Waals surface area contributed by atoms with Crippen LogP contribution in [0, 0.1) is 0 Å². The summed E-state index contributed by atoms with van der Waals surface area (Å²) in [5, 5.41) is 8.86. The molecule has 23 heavy (non-hydrogen) atoms. The van der Waals surface area contributed by atoms with E-state index in [0.717, 1.165) is 0 Å². The number of alkyl halides is 3. The average Bonchev–Trinajstić information content (AvgIpc) is 2.82. The molecular formula is C13H12ClF3N4O2. The number of carbonyl (C=O) groups is 1. The number of carbonyl (C=O) groups excluding carboxylic acids is 1. The van der Waals surface area contributed by atoms with Gasteiger partial charge in [-0.05, 0) is 18.2 Å². The van der Waals surface area contributed by atoms with Crippen molar-refractivity contribution in [3.05, 3.63) is 35.6 Å². The van der Waals surface area contributed by atoms with Gasteiger partial charge in [-0.25, -0.2) is 4.79 Å². The first kappa shape index (κ1) is 16.9. The zero-order valence-electron chi connectivity index (χ0n) is 11.8. The highest BCUT2D eigenvalue weighted by Crippen LogP contribution is 2.29. The Hall–Kier alpha value is -2.42. The predicted molar refractivity (Wildman–Crippen MR) is 78.9 cm³/mol. The minimum absolute atomic E-state index is 0.0478. The van der Waals surface area contributed by atoms with Gasteiger partial charge in [0.2, 0.25) is 0 Å². The van der Waals surface area contributed by atoms with E-state index in [1.165, 1.54) is 29.1 Å². The molecule has 1 aromatic carbocycles. The monoisotopic (exact) mass is 348 g/mol.